The predicted molar refractivity (Wildman–Crippen MR) is 137 cm³/mol. The molecule has 0 saturated carbocycles. The number of carbonyl (C=O) groups is 1. The number of pyridine rings is 1. The number of aromatic nitrogens is 1. The summed E-state index contributed by atoms with van der Waals surface area (Å²) in [5.74, 6) is 1.76. The molecule has 0 radical (unpaired) electrons. The number of hydrogen-bond acceptors (Lipinski definition) is 8. The summed E-state index contributed by atoms with van der Waals surface area (Å²) >= 11 is 1.80. The van der Waals surface area contributed by atoms with Gasteiger partial charge in [-0.15, -0.1) is 0 Å². The Bertz CT molecular complexity index is 884. The number of rotatable bonds is 7. The Hall–Kier alpha value is -2.23. The van der Waals surface area contributed by atoms with Gasteiger partial charge in [-0.2, -0.15) is 0 Å². The number of hydrogen-bond donors (Lipinski definition) is 2. The molecule has 0 bridgehead atoms. The molecular formula is C24H37N7OS. The average molecular weight is 472 g/mol. The third-order valence-electron chi connectivity index (χ3n) is 6.47. The smallest absolute Gasteiger partial charge is 0.246 e. The molecule has 180 valence electrons. The molecule has 2 N–H and O–H groups in total. The molecule has 3 aliphatic rings. The molecule has 1 aromatic rings. The zero-order chi connectivity index (χ0) is 23.4. The number of nitrogens with zero attached hydrogens (tertiary/aromatic N) is 5. The van der Waals surface area contributed by atoms with Gasteiger partial charge in [0.15, 0.2) is 5.50 Å². The molecule has 33 heavy (non-hydrogen) atoms. The molecule has 4 heterocycles. The van der Waals surface area contributed by atoms with Crippen molar-refractivity contribution in [1.29, 1.82) is 0 Å². The topological polar surface area (TPSA) is 67.0 Å². The maximum absolute atomic E-state index is 12.1. The molecule has 2 saturated heterocycles. The highest BCUT2D eigenvalue weighted by Gasteiger charge is 2.24. The van der Waals surface area contributed by atoms with Crippen LogP contribution >= 0.6 is 11.8 Å². The van der Waals surface area contributed by atoms with Crippen molar-refractivity contribution in [2.45, 2.75) is 37.8 Å². The van der Waals surface area contributed by atoms with Crippen molar-refractivity contribution in [3.05, 3.63) is 41.5 Å². The number of piperidine rings is 1. The number of thioether (sulfide) groups is 1. The molecule has 8 nitrogen and oxygen atoms in total. The van der Waals surface area contributed by atoms with Crippen molar-refractivity contribution in [2.24, 2.45) is 0 Å². The van der Waals surface area contributed by atoms with Crippen molar-refractivity contribution >= 4 is 29.3 Å². The summed E-state index contributed by atoms with van der Waals surface area (Å²) in [4.78, 5) is 27.2. The van der Waals surface area contributed by atoms with Crippen LogP contribution in [-0.4, -0.2) is 95.4 Å². The molecular weight excluding hydrogens is 434 g/mol. The number of nitrogens with one attached hydrogen (secondary N) is 2. The molecule has 0 spiro atoms. The minimum atomic E-state index is 0.00444. The van der Waals surface area contributed by atoms with E-state index in [2.05, 4.69) is 71.3 Å². The van der Waals surface area contributed by atoms with Crippen LogP contribution in [0.3, 0.4) is 0 Å². The number of anilines is 2. The Balaban J connectivity index is 1.49. The lowest BCUT2D eigenvalue weighted by Gasteiger charge is -2.33. The molecule has 9 heteroatoms. The minimum absolute atomic E-state index is 0.00444. The van der Waals surface area contributed by atoms with Crippen molar-refractivity contribution < 1.29 is 4.79 Å². The summed E-state index contributed by atoms with van der Waals surface area (Å²) in [7, 11) is 4.27. The summed E-state index contributed by atoms with van der Waals surface area (Å²) in [6.45, 7) is 12.5. The van der Waals surface area contributed by atoms with E-state index >= 15 is 0 Å². The molecule has 2 unspecified atom stereocenters. The molecule has 1 amide bonds. The van der Waals surface area contributed by atoms with Gasteiger partial charge in [-0.3, -0.25) is 9.69 Å². The van der Waals surface area contributed by atoms with Gasteiger partial charge >= 0.3 is 0 Å². The Morgan fingerprint density at radius 1 is 1.18 bits per heavy atom. The molecule has 2 atom stereocenters. The van der Waals surface area contributed by atoms with Crippen molar-refractivity contribution in [3.63, 3.8) is 0 Å². The first-order valence-corrected chi connectivity index (χ1v) is 12.7. The number of carbonyl (C=O) groups excluding carboxylic acids is 1. The Kier molecular flexibility index (Phi) is 7.82. The zero-order valence-corrected chi connectivity index (χ0v) is 20.9. The lowest BCUT2D eigenvalue weighted by atomic mass is 10.1. The third-order valence-corrected chi connectivity index (χ3v) is 7.62. The maximum Gasteiger partial charge on any atom is 0.246 e. The standard InChI is InChI=1S/C24H37N7OS/c1-5-23(32)31-8-6-7-20(17-31)25-21-13-19(16-30-11-9-28(3)10-12-30)14-22(26-21)27-24-29(4)15-18(2)33-24/h5,13-15,20,24H,1,6-12,16-17H2,2-4H3,(H2,25,26,27). The summed E-state index contributed by atoms with van der Waals surface area (Å²) in [6, 6.07) is 4.54. The van der Waals surface area contributed by atoms with E-state index in [0.717, 1.165) is 63.7 Å². The van der Waals surface area contributed by atoms with Crippen LogP contribution in [0.4, 0.5) is 11.6 Å². The highest BCUT2D eigenvalue weighted by Crippen LogP contribution is 2.32. The van der Waals surface area contributed by atoms with Gasteiger partial charge < -0.3 is 25.3 Å². The molecule has 4 rings (SSSR count). The highest BCUT2D eigenvalue weighted by atomic mass is 32.2. The van der Waals surface area contributed by atoms with Crippen LogP contribution in [0.25, 0.3) is 0 Å². The van der Waals surface area contributed by atoms with Crippen LogP contribution in [0.1, 0.15) is 25.3 Å². The van der Waals surface area contributed by atoms with Crippen molar-refractivity contribution in [2.75, 3.05) is 64.0 Å². The fourth-order valence-electron chi connectivity index (χ4n) is 4.63. The average Bonchev–Trinajstić information content (AvgIpc) is 3.11. The van der Waals surface area contributed by atoms with Crippen molar-refractivity contribution in [3.8, 4) is 0 Å². The summed E-state index contributed by atoms with van der Waals surface area (Å²) in [5.41, 5.74) is 1.39. The van der Waals surface area contributed by atoms with Crippen LogP contribution < -0.4 is 10.6 Å². The highest BCUT2D eigenvalue weighted by molar-refractivity contribution is 8.03. The van der Waals surface area contributed by atoms with Gasteiger partial charge in [0.2, 0.25) is 5.91 Å². The van der Waals surface area contributed by atoms with Gasteiger partial charge in [-0.25, -0.2) is 4.98 Å². The fraction of sp³-hybridized carbons (Fsp3) is 0.583. The Morgan fingerprint density at radius 3 is 2.58 bits per heavy atom. The lowest BCUT2D eigenvalue weighted by Crippen LogP contribution is -2.44. The third kappa shape index (κ3) is 6.43. The van der Waals surface area contributed by atoms with Crippen LogP contribution in [0.15, 0.2) is 35.9 Å². The summed E-state index contributed by atoms with van der Waals surface area (Å²) < 4.78 is 0. The van der Waals surface area contributed by atoms with Gasteiger partial charge in [0.25, 0.3) is 0 Å². The van der Waals surface area contributed by atoms with E-state index in [1.165, 1.54) is 16.5 Å². The Morgan fingerprint density at radius 2 is 1.91 bits per heavy atom. The molecule has 3 aliphatic heterocycles. The lowest BCUT2D eigenvalue weighted by molar-refractivity contribution is -0.127. The van der Waals surface area contributed by atoms with Crippen LogP contribution in [0.5, 0.6) is 0 Å². The van der Waals surface area contributed by atoms with E-state index in [-0.39, 0.29) is 17.4 Å². The number of amides is 1. The fourth-order valence-corrected chi connectivity index (χ4v) is 5.61. The maximum atomic E-state index is 12.1. The normalized spacial score (nSPS) is 24.5. The van der Waals surface area contributed by atoms with Gasteiger partial charge in [0, 0.05) is 70.0 Å². The van der Waals surface area contributed by atoms with Gasteiger partial charge in [0.1, 0.15) is 11.6 Å². The van der Waals surface area contributed by atoms with Crippen LogP contribution in [-0.2, 0) is 11.3 Å². The van der Waals surface area contributed by atoms with Gasteiger partial charge in [-0.1, -0.05) is 18.3 Å². The SMILES string of the molecule is C=CC(=O)N1CCCC(Nc2cc(CN3CCN(C)CC3)cc(NC3SC(C)=CN3C)n2)C1. The monoisotopic (exact) mass is 471 g/mol. The number of allylic oxidation sites excluding steroid dienone is 1. The minimum Gasteiger partial charge on any atom is -0.365 e. The van der Waals surface area contributed by atoms with E-state index in [1.54, 1.807) is 11.8 Å². The second-order valence-electron chi connectivity index (χ2n) is 9.32. The van der Waals surface area contributed by atoms with E-state index in [1.807, 2.05) is 4.90 Å². The van der Waals surface area contributed by atoms with Gasteiger partial charge in [-0.05, 0) is 50.6 Å². The first kappa shape index (κ1) is 23.9. The summed E-state index contributed by atoms with van der Waals surface area (Å²) in [6.07, 6.45) is 5.57. The number of likely N-dealkylation sites (tertiary alicyclic amines) is 1. The quantitative estimate of drug-likeness (QED) is 0.589. The van der Waals surface area contributed by atoms with E-state index in [9.17, 15) is 4.79 Å². The molecule has 2 fully saturated rings. The molecule has 0 aliphatic carbocycles. The van der Waals surface area contributed by atoms with E-state index < -0.39 is 0 Å². The first-order valence-electron chi connectivity index (χ1n) is 11.8. The van der Waals surface area contributed by atoms with Crippen molar-refractivity contribution in [1.82, 2.24) is 24.6 Å². The predicted octanol–water partition coefficient (Wildman–Crippen LogP) is 2.65. The van der Waals surface area contributed by atoms with E-state index in [4.69, 9.17) is 4.98 Å². The number of likely N-dealkylation sites (N-methyl/N-ethyl adjacent to an activating group) is 1. The number of piperazine rings is 1. The second kappa shape index (κ2) is 10.8. The molecule has 0 aromatic carbocycles. The second-order valence-corrected chi connectivity index (χ2v) is 10.6. The largest absolute Gasteiger partial charge is 0.365 e. The summed E-state index contributed by atoms with van der Waals surface area (Å²) in [5, 5.41) is 7.22. The molecule has 1 aromatic heterocycles. The first-order chi connectivity index (χ1) is 15.9. The van der Waals surface area contributed by atoms with Crippen LogP contribution in [0, 0.1) is 0 Å². The van der Waals surface area contributed by atoms with Crippen LogP contribution in [0.2, 0.25) is 0 Å². The zero-order valence-electron chi connectivity index (χ0n) is 20.1. The van der Waals surface area contributed by atoms with Gasteiger partial charge in [0.05, 0.1) is 0 Å². The van der Waals surface area contributed by atoms with E-state index in [0.29, 0.717) is 6.54 Å². The Labute approximate surface area is 202 Å².